The maximum absolute atomic E-state index is 14.2. The van der Waals surface area contributed by atoms with Gasteiger partial charge in [-0.05, 0) is 51.8 Å². The van der Waals surface area contributed by atoms with Crippen molar-refractivity contribution in [2.45, 2.75) is 333 Å². The molecular formula is C100H138O15. The predicted octanol–water partition coefficient (Wildman–Crippen LogP) is 23.2. The average Bonchev–Trinajstić information content (AvgIpc) is 0.781. The highest BCUT2D eigenvalue weighted by atomic mass is 16.8. The first-order valence-electron chi connectivity index (χ1n) is 44.3. The van der Waals surface area contributed by atoms with Gasteiger partial charge in [-0.1, -0.05) is 406 Å². The van der Waals surface area contributed by atoms with Gasteiger partial charge in [0.1, 0.15) is 55.4 Å². The molecular weight excluding hydrogens is 1440 g/mol. The summed E-state index contributed by atoms with van der Waals surface area (Å²) in [4.78, 5) is 28.0. The van der Waals surface area contributed by atoms with Crippen molar-refractivity contribution in [2.24, 2.45) is 0 Å². The molecule has 2 fully saturated rings. The Morgan fingerprint density at radius 2 is 0.530 bits per heavy atom. The van der Waals surface area contributed by atoms with Gasteiger partial charge in [-0.3, -0.25) is 9.59 Å². The van der Waals surface area contributed by atoms with Crippen LogP contribution in [0.1, 0.15) is 258 Å². The molecule has 628 valence electrons. The number of ether oxygens (including phenoxy) is 13. The topological polar surface area (TPSA) is 154 Å². The second kappa shape index (κ2) is 58.0. The van der Waals surface area contributed by atoms with Gasteiger partial charge in [0.25, 0.3) is 0 Å². The third-order valence-electron chi connectivity index (χ3n) is 21.9. The van der Waals surface area contributed by atoms with Crippen LogP contribution in [0.15, 0.2) is 212 Å². The number of benzene rings is 7. The molecule has 0 bridgehead atoms. The highest BCUT2D eigenvalue weighted by Gasteiger charge is 2.53. The van der Waals surface area contributed by atoms with E-state index in [1.807, 2.05) is 212 Å². The first kappa shape index (κ1) is 91.9. The molecule has 2 aliphatic rings. The van der Waals surface area contributed by atoms with Gasteiger partial charge in [-0.2, -0.15) is 0 Å². The first-order valence-corrected chi connectivity index (χ1v) is 44.3. The largest absolute Gasteiger partial charge is 0.462 e. The zero-order chi connectivity index (χ0) is 79.9. The average molecular weight is 1580 g/mol. The van der Waals surface area contributed by atoms with E-state index in [2.05, 4.69) is 13.8 Å². The highest BCUT2D eigenvalue weighted by molar-refractivity contribution is 5.70. The molecule has 0 aromatic heterocycles. The number of hydrogen-bond donors (Lipinski definition) is 0. The summed E-state index contributed by atoms with van der Waals surface area (Å²) < 4.78 is 91.1. The number of rotatable bonds is 63. The third kappa shape index (κ3) is 37.3. The molecule has 15 heteroatoms. The highest BCUT2D eigenvalue weighted by Crippen LogP contribution is 2.36. The molecule has 0 saturated carbocycles. The normalized spacial score (nSPS) is 19.8. The Labute approximate surface area is 690 Å². The Balaban J connectivity index is 0.977. The van der Waals surface area contributed by atoms with Crippen LogP contribution < -0.4 is 0 Å². The molecule has 0 radical (unpaired) electrons. The smallest absolute Gasteiger partial charge is 0.306 e. The van der Waals surface area contributed by atoms with Crippen molar-refractivity contribution >= 4 is 11.9 Å². The summed E-state index contributed by atoms with van der Waals surface area (Å²) in [6, 6.07) is 70.2. The molecule has 2 heterocycles. The molecule has 7 aromatic rings. The molecule has 2 saturated heterocycles. The molecule has 11 unspecified atom stereocenters. The van der Waals surface area contributed by atoms with Gasteiger partial charge in [0, 0.05) is 12.8 Å². The van der Waals surface area contributed by atoms with Crippen molar-refractivity contribution in [3.8, 4) is 0 Å². The Morgan fingerprint density at radius 3 is 0.852 bits per heavy atom. The lowest BCUT2D eigenvalue weighted by molar-refractivity contribution is -0.354. The molecule has 0 amide bonds. The van der Waals surface area contributed by atoms with E-state index in [9.17, 15) is 9.59 Å². The maximum atomic E-state index is 14.2. The standard InChI is InChI=1S/C100H138O15/c1-3-5-7-9-11-13-15-17-19-21-23-25-27-29-52-68-91(101)104-77-88(113-92(102)69-53-30-28-26-24-22-20-18-16-14-12-10-8-6-4-2)78-111-99-97(109-75-86-64-48-36-49-65-86)96(108-74-85-62-46-35-47-63-85)94(106-72-83-58-42-33-43-59-83)90(115-99)80-112-100-98(110-76-87-66-50-37-51-67-87)95(107-73-84-60-44-34-45-61-84)93(105-71-82-56-40-32-41-57-82)89(114-100)79-103-70-81-54-38-31-39-55-81/h31-51,54-67,88-90,93-100H,3-30,52-53,68-80H2,1-2H3. The number of unbranched alkanes of at least 4 members (excludes halogenated alkanes) is 28. The fourth-order valence-corrected chi connectivity index (χ4v) is 15.2. The molecule has 2 aliphatic heterocycles. The van der Waals surface area contributed by atoms with Crippen LogP contribution >= 0.6 is 0 Å². The Morgan fingerprint density at radius 1 is 0.270 bits per heavy atom. The zero-order valence-electron chi connectivity index (χ0n) is 69.6. The Hall–Kier alpha value is -6.96. The van der Waals surface area contributed by atoms with E-state index in [0.717, 1.165) is 77.5 Å². The van der Waals surface area contributed by atoms with E-state index in [-0.39, 0.29) is 90.8 Å². The lowest BCUT2D eigenvalue weighted by Crippen LogP contribution is -2.64. The van der Waals surface area contributed by atoms with E-state index < -0.39 is 67.5 Å². The minimum Gasteiger partial charge on any atom is -0.462 e. The quantitative estimate of drug-likeness (QED) is 0.0262. The van der Waals surface area contributed by atoms with Crippen LogP contribution in [0.5, 0.6) is 0 Å². The summed E-state index contributed by atoms with van der Waals surface area (Å²) in [6.45, 7) is 5.58. The van der Waals surface area contributed by atoms with Crippen LogP contribution in [-0.2, 0) is 117 Å². The lowest BCUT2D eigenvalue weighted by Gasteiger charge is -2.48. The molecule has 9 rings (SSSR count). The molecule has 0 aliphatic carbocycles. The predicted molar refractivity (Wildman–Crippen MR) is 455 cm³/mol. The van der Waals surface area contributed by atoms with E-state index in [1.165, 1.54) is 141 Å². The van der Waals surface area contributed by atoms with E-state index in [4.69, 9.17) is 61.6 Å². The zero-order valence-corrected chi connectivity index (χ0v) is 69.6. The minimum atomic E-state index is -1.21. The first-order chi connectivity index (χ1) is 56.9. The van der Waals surface area contributed by atoms with Gasteiger partial charge in [-0.25, -0.2) is 0 Å². The van der Waals surface area contributed by atoms with Crippen LogP contribution in [0, 0.1) is 0 Å². The molecule has 0 N–H and O–H groups in total. The van der Waals surface area contributed by atoms with Crippen LogP contribution in [0.4, 0.5) is 0 Å². The molecule has 11 atom stereocenters. The molecule has 7 aromatic carbocycles. The van der Waals surface area contributed by atoms with Gasteiger partial charge >= 0.3 is 11.9 Å². The number of hydrogen-bond acceptors (Lipinski definition) is 15. The van der Waals surface area contributed by atoms with Crippen molar-refractivity contribution in [2.75, 3.05) is 26.4 Å². The van der Waals surface area contributed by atoms with Crippen LogP contribution in [0.3, 0.4) is 0 Å². The van der Waals surface area contributed by atoms with Gasteiger partial charge < -0.3 is 61.6 Å². The van der Waals surface area contributed by atoms with Gasteiger partial charge in [0.2, 0.25) is 0 Å². The van der Waals surface area contributed by atoms with E-state index in [1.54, 1.807) is 0 Å². The summed E-state index contributed by atoms with van der Waals surface area (Å²) in [5, 5.41) is 0. The second-order valence-corrected chi connectivity index (χ2v) is 31.5. The molecule has 15 nitrogen and oxygen atoms in total. The lowest BCUT2D eigenvalue weighted by atomic mass is 9.96. The van der Waals surface area contributed by atoms with E-state index in [0.29, 0.717) is 19.4 Å². The minimum absolute atomic E-state index is 0.110. The van der Waals surface area contributed by atoms with Crippen molar-refractivity contribution in [1.29, 1.82) is 0 Å². The number of esters is 2. The van der Waals surface area contributed by atoms with Gasteiger partial charge in [-0.15, -0.1) is 0 Å². The Bertz CT molecular complexity index is 3510. The van der Waals surface area contributed by atoms with Crippen LogP contribution in [-0.4, -0.2) is 106 Å². The number of carbonyl (C=O) groups excluding carboxylic acids is 2. The summed E-state index contributed by atoms with van der Waals surface area (Å²) in [5.41, 5.74) is 6.64. The third-order valence-corrected chi connectivity index (χ3v) is 21.9. The fraction of sp³-hybridized carbons (Fsp3) is 0.560. The monoisotopic (exact) mass is 1580 g/mol. The SMILES string of the molecule is CCCCCCCCCCCCCCCCCC(=O)OCC(COC1OC(COC2OC(COCc3ccccc3)C(OCc3ccccc3)C(OCc3ccccc3)C2OCc2ccccc2)C(OCc2ccccc2)C(OCc2ccccc2)C1OCc1ccccc1)OC(=O)CCCCCCCCCCCCCCCCC. The van der Waals surface area contributed by atoms with Crippen molar-refractivity contribution in [3.63, 3.8) is 0 Å². The van der Waals surface area contributed by atoms with Crippen LogP contribution in [0.2, 0.25) is 0 Å². The number of carbonyl (C=O) groups is 2. The summed E-state index contributed by atoms with van der Waals surface area (Å²) in [7, 11) is 0. The second-order valence-electron chi connectivity index (χ2n) is 31.5. The van der Waals surface area contributed by atoms with E-state index >= 15 is 0 Å². The summed E-state index contributed by atoms with van der Waals surface area (Å²) >= 11 is 0. The molecule has 115 heavy (non-hydrogen) atoms. The summed E-state index contributed by atoms with van der Waals surface area (Å²) in [6.07, 6.45) is 26.9. The summed E-state index contributed by atoms with van der Waals surface area (Å²) in [5.74, 6) is -0.726. The maximum Gasteiger partial charge on any atom is 0.306 e. The van der Waals surface area contributed by atoms with Crippen molar-refractivity contribution in [3.05, 3.63) is 251 Å². The fourth-order valence-electron chi connectivity index (χ4n) is 15.2. The van der Waals surface area contributed by atoms with Gasteiger partial charge in [0.15, 0.2) is 18.7 Å². The van der Waals surface area contributed by atoms with Crippen molar-refractivity contribution in [1.82, 2.24) is 0 Å². The van der Waals surface area contributed by atoms with Crippen LogP contribution in [0.25, 0.3) is 0 Å². The Kier molecular flexibility index (Phi) is 46.4. The molecule has 0 spiro atoms. The van der Waals surface area contributed by atoms with Crippen molar-refractivity contribution < 1.29 is 71.2 Å². The van der Waals surface area contributed by atoms with Gasteiger partial charge in [0.05, 0.1) is 66.1 Å².